The lowest BCUT2D eigenvalue weighted by Gasteiger charge is -2.07. The van der Waals surface area contributed by atoms with Crippen molar-refractivity contribution in [1.29, 1.82) is 0 Å². The summed E-state index contributed by atoms with van der Waals surface area (Å²) in [5, 5.41) is 12.5. The van der Waals surface area contributed by atoms with Gasteiger partial charge in [-0.15, -0.1) is 10.1 Å². The molecule has 0 aliphatic heterocycles. The fourth-order valence-electron chi connectivity index (χ4n) is 4.04. The Morgan fingerprint density at radius 1 is 1.07 bits per heavy atom. The van der Waals surface area contributed by atoms with Crippen LogP contribution in [0.4, 0.5) is 0 Å². The van der Waals surface area contributed by atoms with Gasteiger partial charge in [-0.3, -0.25) is 4.79 Å². The van der Waals surface area contributed by atoms with Crippen molar-refractivity contribution in [3.8, 4) is 11.5 Å². The van der Waals surface area contributed by atoms with E-state index in [1.165, 1.54) is 37.8 Å². The second-order valence-corrected chi connectivity index (χ2v) is 9.86. The van der Waals surface area contributed by atoms with Crippen molar-refractivity contribution >= 4 is 23.5 Å². The lowest BCUT2D eigenvalue weighted by atomic mass is 10.1. The third-order valence-electron chi connectivity index (χ3n) is 6.06. The molecule has 9 nitrogen and oxygen atoms in total. The van der Waals surface area contributed by atoms with E-state index in [4.69, 9.17) is 21.1 Å². The molecule has 1 fully saturated rings. The first-order valence-electron chi connectivity index (χ1n) is 13.9. The van der Waals surface area contributed by atoms with Crippen LogP contribution in [-0.4, -0.2) is 30.1 Å². The van der Waals surface area contributed by atoms with Crippen molar-refractivity contribution in [2.24, 2.45) is 5.92 Å². The molecule has 3 rings (SSSR count). The maximum absolute atomic E-state index is 11.7. The summed E-state index contributed by atoms with van der Waals surface area (Å²) >= 11 is 5.88. The van der Waals surface area contributed by atoms with Crippen LogP contribution < -0.4 is 14.8 Å². The largest absolute Gasteiger partial charge is 0.493 e. The van der Waals surface area contributed by atoms with Gasteiger partial charge in [0.25, 0.3) is 5.09 Å². The second-order valence-electron chi connectivity index (χ2n) is 9.42. The van der Waals surface area contributed by atoms with Crippen LogP contribution in [0.15, 0.2) is 72.8 Å². The SMILES string of the molecule is C/C=C\CCCC(=O)NCC(=O)Oc1cccc(CO[N+](=O)[O-])c1.Clc1cccc(OCC/C=C/C2CCCC2)c1. The number of hydrogen-bond donors (Lipinski definition) is 1. The number of carbonyl (C=O) groups is 2. The van der Waals surface area contributed by atoms with Crippen molar-refractivity contribution in [3.05, 3.63) is 93.5 Å². The zero-order valence-corrected chi connectivity index (χ0v) is 24.2. The van der Waals surface area contributed by atoms with Crippen LogP contribution in [0, 0.1) is 16.0 Å². The molecule has 2 aromatic rings. The average molecular weight is 587 g/mol. The summed E-state index contributed by atoms with van der Waals surface area (Å²) in [6, 6.07) is 13.7. The minimum atomic E-state index is -0.898. The number of halogens is 1. The molecule has 0 radical (unpaired) electrons. The van der Waals surface area contributed by atoms with Gasteiger partial charge < -0.3 is 19.6 Å². The summed E-state index contributed by atoms with van der Waals surface area (Å²) in [5.74, 6) is 1.06. The lowest BCUT2D eigenvalue weighted by molar-refractivity contribution is -0.763. The van der Waals surface area contributed by atoms with Crippen LogP contribution in [0.25, 0.3) is 0 Å². The molecule has 0 atom stereocenters. The van der Waals surface area contributed by atoms with Gasteiger partial charge in [0.15, 0.2) is 0 Å². The zero-order chi connectivity index (χ0) is 29.7. The fraction of sp³-hybridized carbons (Fsp3) is 0.419. The van der Waals surface area contributed by atoms with Gasteiger partial charge in [0, 0.05) is 11.4 Å². The van der Waals surface area contributed by atoms with E-state index in [-0.39, 0.29) is 24.8 Å². The van der Waals surface area contributed by atoms with Crippen LogP contribution in [0.2, 0.25) is 5.02 Å². The number of ether oxygens (including phenoxy) is 2. The number of carbonyl (C=O) groups excluding carboxylic acids is 2. The highest BCUT2D eigenvalue weighted by atomic mass is 35.5. The Balaban J connectivity index is 0.000000303. The molecule has 0 bridgehead atoms. The molecular formula is C31H39ClN2O7. The first-order valence-corrected chi connectivity index (χ1v) is 14.2. The summed E-state index contributed by atoms with van der Waals surface area (Å²) in [7, 11) is 0. The summed E-state index contributed by atoms with van der Waals surface area (Å²) in [6.45, 7) is 2.16. The van der Waals surface area contributed by atoms with E-state index in [2.05, 4.69) is 22.3 Å². The minimum Gasteiger partial charge on any atom is -0.493 e. The van der Waals surface area contributed by atoms with Crippen LogP contribution >= 0.6 is 11.6 Å². The first kappa shape index (κ1) is 33.4. The van der Waals surface area contributed by atoms with E-state index in [1.807, 2.05) is 43.3 Å². The molecule has 0 spiro atoms. The Bertz CT molecular complexity index is 1150. The van der Waals surface area contributed by atoms with Gasteiger partial charge in [-0.05, 0) is 80.8 Å². The fourth-order valence-corrected chi connectivity index (χ4v) is 4.22. The van der Waals surface area contributed by atoms with Crippen LogP contribution in [0.5, 0.6) is 11.5 Å². The molecule has 41 heavy (non-hydrogen) atoms. The van der Waals surface area contributed by atoms with E-state index in [9.17, 15) is 19.7 Å². The Morgan fingerprint density at radius 2 is 1.83 bits per heavy atom. The van der Waals surface area contributed by atoms with Crippen LogP contribution in [0.3, 0.4) is 0 Å². The molecule has 1 amide bonds. The number of benzene rings is 2. The van der Waals surface area contributed by atoms with Gasteiger partial charge in [0.05, 0.1) is 6.61 Å². The summed E-state index contributed by atoms with van der Waals surface area (Å²) in [4.78, 5) is 37.6. The highest BCUT2D eigenvalue weighted by Crippen LogP contribution is 2.25. The van der Waals surface area contributed by atoms with Crippen LogP contribution in [-0.2, 0) is 21.0 Å². The quantitative estimate of drug-likeness (QED) is 0.0595. The molecule has 1 saturated carbocycles. The van der Waals surface area contributed by atoms with Gasteiger partial charge >= 0.3 is 5.97 Å². The van der Waals surface area contributed by atoms with Crippen molar-refractivity contribution in [2.45, 2.75) is 64.9 Å². The molecule has 2 aromatic carbocycles. The number of amides is 1. The third kappa shape index (κ3) is 16.1. The Kier molecular flexibility index (Phi) is 16.3. The lowest BCUT2D eigenvalue weighted by Crippen LogP contribution is -2.31. The number of unbranched alkanes of at least 4 members (excludes halogenated alkanes) is 1. The van der Waals surface area contributed by atoms with E-state index >= 15 is 0 Å². The van der Waals surface area contributed by atoms with Gasteiger partial charge in [0.1, 0.15) is 24.7 Å². The minimum absolute atomic E-state index is 0.218. The highest BCUT2D eigenvalue weighted by molar-refractivity contribution is 6.30. The normalized spacial score (nSPS) is 13.0. The van der Waals surface area contributed by atoms with E-state index in [0.717, 1.165) is 36.1 Å². The molecule has 0 unspecified atom stereocenters. The average Bonchev–Trinajstić information content (AvgIpc) is 3.47. The monoisotopic (exact) mass is 586 g/mol. The van der Waals surface area contributed by atoms with E-state index < -0.39 is 11.1 Å². The molecule has 0 aromatic heterocycles. The summed E-state index contributed by atoms with van der Waals surface area (Å²) in [6.07, 6.45) is 16.9. The zero-order valence-electron chi connectivity index (χ0n) is 23.5. The number of nitrogens with one attached hydrogen (secondary N) is 1. The second kappa shape index (κ2) is 20.1. The molecule has 10 heteroatoms. The third-order valence-corrected chi connectivity index (χ3v) is 6.30. The number of esters is 1. The molecule has 0 saturated heterocycles. The van der Waals surface area contributed by atoms with E-state index in [0.29, 0.717) is 18.4 Å². The van der Waals surface area contributed by atoms with Gasteiger partial charge in [-0.25, -0.2) is 4.79 Å². The van der Waals surface area contributed by atoms with Gasteiger partial charge in [-0.2, -0.15) is 0 Å². The Hall–Kier alpha value is -3.85. The summed E-state index contributed by atoms with van der Waals surface area (Å²) in [5.41, 5.74) is 0.491. The predicted octanol–water partition coefficient (Wildman–Crippen LogP) is 7.02. The topological polar surface area (TPSA) is 117 Å². The molecular weight excluding hydrogens is 548 g/mol. The van der Waals surface area contributed by atoms with E-state index in [1.54, 1.807) is 12.1 Å². The highest BCUT2D eigenvalue weighted by Gasteiger charge is 2.11. The molecule has 1 aliphatic carbocycles. The van der Waals surface area contributed by atoms with Crippen molar-refractivity contribution in [3.63, 3.8) is 0 Å². The van der Waals surface area contributed by atoms with Crippen molar-refractivity contribution in [2.75, 3.05) is 13.2 Å². The molecule has 1 aliphatic rings. The van der Waals surface area contributed by atoms with Gasteiger partial charge in [0.2, 0.25) is 5.91 Å². The van der Waals surface area contributed by atoms with Crippen molar-refractivity contribution < 1.29 is 29.0 Å². The number of allylic oxidation sites excluding steroid dienone is 3. The number of hydrogen-bond acceptors (Lipinski definition) is 7. The Morgan fingerprint density at radius 3 is 2.56 bits per heavy atom. The van der Waals surface area contributed by atoms with Crippen LogP contribution in [0.1, 0.15) is 63.9 Å². The maximum Gasteiger partial charge on any atom is 0.330 e. The smallest absolute Gasteiger partial charge is 0.330 e. The molecule has 222 valence electrons. The number of rotatable bonds is 15. The predicted molar refractivity (Wildman–Crippen MR) is 158 cm³/mol. The standard InChI is InChI=1S/C16H20N2O6.C15H19ClO/c1-2-3-4-5-9-15(19)17-11-16(20)24-14-8-6-7-13(10-14)12-23-18(21)22;16-14-9-5-10-15(12-14)17-11-4-3-8-13-6-1-2-7-13/h2-3,6-8,10H,4-5,9,11-12H2,1H3,(H,17,19);3,5,8-10,12-13H,1-2,4,6-7,11H2/b3-2-;8-3+. The summed E-state index contributed by atoms with van der Waals surface area (Å²) < 4.78 is 10.7. The van der Waals surface area contributed by atoms with Gasteiger partial charge in [-0.1, -0.05) is 66.9 Å². The maximum atomic E-state index is 11.7. The molecule has 1 N–H and O–H groups in total. The Labute approximate surface area is 246 Å². The van der Waals surface area contributed by atoms with Crippen molar-refractivity contribution in [1.82, 2.24) is 5.32 Å². The molecule has 0 heterocycles. The number of nitrogens with zero attached hydrogens (tertiary/aromatic N) is 1. The first-order chi connectivity index (χ1) is 19.9.